The predicted molar refractivity (Wildman–Crippen MR) is 66.3 cm³/mol. The van der Waals surface area contributed by atoms with Crippen molar-refractivity contribution in [1.82, 2.24) is 5.32 Å². The van der Waals surface area contributed by atoms with E-state index in [2.05, 4.69) is 10.1 Å². The van der Waals surface area contributed by atoms with E-state index in [0.29, 0.717) is 0 Å². The maximum Gasteiger partial charge on any atom is 0.329 e. The van der Waals surface area contributed by atoms with Gasteiger partial charge < -0.3 is 45.1 Å². The minimum absolute atomic E-state index is 0.429. The number of aliphatic carboxylic acids is 1. The summed E-state index contributed by atoms with van der Waals surface area (Å²) in [6.07, 6.45) is -5.83. The summed E-state index contributed by atoms with van der Waals surface area (Å²) in [5.74, 6) is -1.94. The molecule has 0 aromatic carbocycles. The monoisotopic (exact) mass is 325 g/mol. The van der Waals surface area contributed by atoms with Crippen molar-refractivity contribution in [2.24, 2.45) is 0 Å². The summed E-state index contributed by atoms with van der Waals surface area (Å²) >= 11 is 0. The van der Waals surface area contributed by atoms with Gasteiger partial charge in [-0.3, -0.25) is 4.79 Å². The van der Waals surface area contributed by atoms with Crippen LogP contribution in [0.4, 0.5) is 0 Å². The largest absolute Gasteiger partial charge is 0.480 e. The summed E-state index contributed by atoms with van der Waals surface area (Å²) in [5.41, 5.74) is 0. The Labute approximate surface area is 125 Å². The Morgan fingerprint density at radius 3 is 2.32 bits per heavy atom. The number of ether oxygens (including phenoxy) is 3. The van der Waals surface area contributed by atoms with E-state index in [-0.39, 0.29) is 0 Å². The zero-order valence-corrected chi connectivity index (χ0v) is 11.5. The minimum atomic E-state index is -1.62. The molecule has 2 unspecified atom stereocenters. The molecule has 0 aliphatic carbocycles. The number of rotatable bonds is 8. The molecule has 11 nitrogen and oxygen atoms in total. The van der Waals surface area contributed by atoms with Crippen LogP contribution in [0.2, 0.25) is 0 Å². The lowest BCUT2D eigenvalue weighted by Gasteiger charge is -2.40. The standard InChI is InChI=1S/C11H19NO10/c13-1-5-9(17)10(18)8(11(19)22-5)12-6(14)2-20-4-21-3-7(15)16/h5,8-11,13,17-19H,1-4H2,(H,12,14)(H,15,16)/t5?,8?,9-,10+,11+/m0/s1. The molecular formula is C11H19NO10. The Morgan fingerprint density at radius 1 is 1.09 bits per heavy atom. The summed E-state index contributed by atoms with van der Waals surface area (Å²) in [4.78, 5) is 21.7. The molecule has 22 heavy (non-hydrogen) atoms. The van der Waals surface area contributed by atoms with Gasteiger partial charge >= 0.3 is 5.97 Å². The highest BCUT2D eigenvalue weighted by atomic mass is 16.7. The first-order chi connectivity index (χ1) is 10.4. The maximum atomic E-state index is 11.5. The lowest BCUT2D eigenvalue weighted by Crippen LogP contribution is -2.64. The summed E-state index contributed by atoms with van der Waals surface area (Å²) in [6.45, 7) is -2.14. The Bertz CT molecular complexity index is 378. The van der Waals surface area contributed by atoms with Crippen molar-refractivity contribution in [2.45, 2.75) is 30.6 Å². The SMILES string of the molecule is O=C(O)COCOCC(=O)NC1[C@H](O)OC(CO)[C@H](O)[C@@H]1O. The van der Waals surface area contributed by atoms with Gasteiger partial charge in [-0.1, -0.05) is 0 Å². The Balaban J connectivity index is 2.35. The van der Waals surface area contributed by atoms with E-state index in [4.69, 9.17) is 19.7 Å². The van der Waals surface area contributed by atoms with Gasteiger partial charge in [0, 0.05) is 0 Å². The smallest absolute Gasteiger partial charge is 0.329 e. The van der Waals surface area contributed by atoms with Crippen molar-refractivity contribution < 1.29 is 49.3 Å². The van der Waals surface area contributed by atoms with E-state index >= 15 is 0 Å². The Hall–Kier alpha value is -1.34. The first-order valence-corrected chi connectivity index (χ1v) is 6.34. The van der Waals surface area contributed by atoms with E-state index in [0.717, 1.165) is 0 Å². The lowest BCUT2D eigenvalue weighted by molar-refractivity contribution is -0.254. The second-order valence-electron chi connectivity index (χ2n) is 4.53. The first-order valence-electron chi connectivity index (χ1n) is 6.34. The molecule has 0 radical (unpaired) electrons. The number of carboxylic acids is 1. The van der Waals surface area contributed by atoms with Crippen LogP contribution in [-0.2, 0) is 23.8 Å². The molecule has 1 aliphatic rings. The van der Waals surface area contributed by atoms with Crippen LogP contribution in [0.1, 0.15) is 0 Å². The number of carboxylic acid groups (broad SMARTS) is 1. The molecule has 11 heteroatoms. The van der Waals surface area contributed by atoms with Crippen LogP contribution in [0.25, 0.3) is 0 Å². The number of aliphatic hydroxyl groups is 4. The minimum Gasteiger partial charge on any atom is -0.480 e. The molecule has 0 aromatic heterocycles. The molecule has 6 N–H and O–H groups in total. The van der Waals surface area contributed by atoms with Gasteiger partial charge in [-0.05, 0) is 0 Å². The topological polar surface area (TPSA) is 175 Å². The first kappa shape index (κ1) is 18.7. The summed E-state index contributed by atoms with van der Waals surface area (Å²) in [6, 6.07) is -1.31. The Kier molecular flexibility index (Phi) is 7.61. The quantitative estimate of drug-likeness (QED) is 0.190. The van der Waals surface area contributed by atoms with Crippen LogP contribution < -0.4 is 5.32 Å². The number of aliphatic hydroxyl groups excluding tert-OH is 4. The van der Waals surface area contributed by atoms with Crippen molar-refractivity contribution in [3.63, 3.8) is 0 Å². The molecule has 0 saturated carbocycles. The van der Waals surface area contributed by atoms with Crippen LogP contribution >= 0.6 is 0 Å². The van der Waals surface area contributed by atoms with E-state index in [1.165, 1.54) is 0 Å². The van der Waals surface area contributed by atoms with E-state index < -0.39 is 69.1 Å². The van der Waals surface area contributed by atoms with Gasteiger partial charge in [-0.25, -0.2) is 4.79 Å². The van der Waals surface area contributed by atoms with E-state index in [1.54, 1.807) is 0 Å². The highest BCUT2D eigenvalue weighted by Crippen LogP contribution is 2.19. The number of amides is 1. The van der Waals surface area contributed by atoms with Gasteiger partial charge in [0.1, 0.15) is 44.4 Å². The third kappa shape index (κ3) is 5.46. The molecule has 0 aromatic rings. The third-order valence-electron chi connectivity index (χ3n) is 2.85. The van der Waals surface area contributed by atoms with Crippen molar-refractivity contribution in [2.75, 3.05) is 26.6 Å². The van der Waals surface area contributed by atoms with Gasteiger partial charge in [0.2, 0.25) is 5.91 Å². The molecule has 1 rings (SSSR count). The molecule has 0 spiro atoms. The average Bonchev–Trinajstić information content (AvgIpc) is 2.46. The van der Waals surface area contributed by atoms with Crippen molar-refractivity contribution in [3.8, 4) is 0 Å². The van der Waals surface area contributed by atoms with Crippen molar-refractivity contribution in [3.05, 3.63) is 0 Å². The molecule has 1 fully saturated rings. The van der Waals surface area contributed by atoms with Crippen LogP contribution in [0.3, 0.4) is 0 Å². The third-order valence-corrected chi connectivity index (χ3v) is 2.85. The van der Waals surface area contributed by atoms with Crippen molar-refractivity contribution in [1.29, 1.82) is 0 Å². The van der Waals surface area contributed by atoms with Gasteiger partial charge in [-0.15, -0.1) is 0 Å². The summed E-state index contributed by atoms with van der Waals surface area (Å²) in [7, 11) is 0. The molecule has 5 atom stereocenters. The Morgan fingerprint density at radius 2 is 1.73 bits per heavy atom. The van der Waals surface area contributed by atoms with E-state index in [1.807, 2.05) is 0 Å². The summed E-state index contributed by atoms with van der Waals surface area (Å²) < 4.78 is 14.1. The lowest BCUT2D eigenvalue weighted by atomic mass is 9.97. The fraction of sp³-hybridized carbons (Fsp3) is 0.818. The van der Waals surface area contributed by atoms with Gasteiger partial charge in [0.15, 0.2) is 6.29 Å². The van der Waals surface area contributed by atoms with Gasteiger partial charge in [-0.2, -0.15) is 0 Å². The second-order valence-corrected chi connectivity index (χ2v) is 4.53. The fourth-order valence-corrected chi connectivity index (χ4v) is 1.80. The fourth-order valence-electron chi connectivity index (χ4n) is 1.80. The number of hydrogen-bond donors (Lipinski definition) is 6. The van der Waals surface area contributed by atoms with Crippen LogP contribution in [-0.4, -0.2) is 94.7 Å². The average molecular weight is 325 g/mol. The predicted octanol–water partition coefficient (Wildman–Crippen LogP) is -4.02. The zero-order valence-electron chi connectivity index (χ0n) is 11.5. The number of carbonyl (C=O) groups excluding carboxylic acids is 1. The normalized spacial score (nSPS) is 31.7. The molecule has 0 bridgehead atoms. The summed E-state index contributed by atoms with van der Waals surface area (Å²) in [5, 5.41) is 48.4. The number of nitrogens with one attached hydrogen (secondary N) is 1. The molecule has 1 aliphatic heterocycles. The zero-order chi connectivity index (χ0) is 16.7. The molecule has 1 amide bonds. The number of carbonyl (C=O) groups is 2. The second kappa shape index (κ2) is 8.95. The molecule has 128 valence electrons. The molecule has 1 heterocycles. The van der Waals surface area contributed by atoms with Gasteiger partial charge in [0.05, 0.1) is 6.61 Å². The highest BCUT2D eigenvalue weighted by molar-refractivity contribution is 5.77. The van der Waals surface area contributed by atoms with Crippen LogP contribution in [0.15, 0.2) is 0 Å². The van der Waals surface area contributed by atoms with Crippen LogP contribution in [0, 0.1) is 0 Å². The van der Waals surface area contributed by atoms with Gasteiger partial charge in [0.25, 0.3) is 0 Å². The van der Waals surface area contributed by atoms with Crippen molar-refractivity contribution >= 4 is 11.9 Å². The van der Waals surface area contributed by atoms with Crippen LogP contribution in [0.5, 0.6) is 0 Å². The molecular weight excluding hydrogens is 306 g/mol. The van der Waals surface area contributed by atoms with E-state index in [9.17, 15) is 24.9 Å². The molecule has 1 saturated heterocycles. The number of hydrogen-bond acceptors (Lipinski definition) is 9. The highest BCUT2D eigenvalue weighted by Gasteiger charge is 2.44. The maximum absolute atomic E-state index is 11.5.